The third kappa shape index (κ3) is 3.18. The molecule has 0 aromatic carbocycles. The Hall–Kier alpha value is -0.650. The molecule has 0 aliphatic carbocycles. The van der Waals surface area contributed by atoms with E-state index in [1.54, 1.807) is 27.7 Å². The minimum absolute atomic E-state index is 0.215. The fourth-order valence-electron chi connectivity index (χ4n) is 1.52. The second-order valence-corrected chi connectivity index (χ2v) is 5.91. The molecular formula is C12H24N2O3. The Bertz CT molecular complexity index is 289. The van der Waals surface area contributed by atoms with E-state index in [0.29, 0.717) is 26.1 Å². The molecule has 0 radical (unpaired) electrons. The molecule has 0 aromatic heterocycles. The number of amides is 1. The normalized spacial score (nSPS) is 21.1. The van der Waals surface area contributed by atoms with E-state index < -0.39 is 16.7 Å². The van der Waals surface area contributed by atoms with Crippen LogP contribution in [0.25, 0.3) is 0 Å². The van der Waals surface area contributed by atoms with Crippen LogP contribution in [-0.4, -0.2) is 40.9 Å². The molecule has 1 amide bonds. The van der Waals surface area contributed by atoms with Crippen molar-refractivity contribution in [3.63, 3.8) is 0 Å². The van der Waals surface area contributed by atoms with E-state index in [1.165, 1.54) is 0 Å². The van der Waals surface area contributed by atoms with Crippen molar-refractivity contribution in [2.45, 2.75) is 57.2 Å². The summed E-state index contributed by atoms with van der Waals surface area (Å²) in [7, 11) is 0. The largest absolute Gasteiger partial charge is 0.388 e. The number of ether oxygens (including phenoxy) is 1. The molecule has 0 bridgehead atoms. The molecule has 5 heteroatoms. The predicted octanol–water partition coefficient (Wildman–Crippen LogP) is 0.160. The molecule has 1 heterocycles. The van der Waals surface area contributed by atoms with Crippen LogP contribution in [0.15, 0.2) is 0 Å². The minimum Gasteiger partial charge on any atom is -0.388 e. The number of aliphatic hydroxyl groups is 1. The van der Waals surface area contributed by atoms with Gasteiger partial charge in [0.2, 0.25) is 5.91 Å². The molecule has 0 aromatic rings. The van der Waals surface area contributed by atoms with Gasteiger partial charge in [0, 0.05) is 13.2 Å². The van der Waals surface area contributed by atoms with E-state index in [4.69, 9.17) is 10.5 Å². The van der Waals surface area contributed by atoms with Gasteiger partial charge >= 0.3 is 0 Å². The van der Waals surface area contributed by atoms with Gasteiger partial charge in [-0.1, -0.05) is 0 Å². The van der Waals surface area contributed by atoms with Crippen molar-refractivity contribution in [3.05, 3.63) is 0 Å². The zero-order valence-electron chi connectivity index (χ0n) is 11.2. The zero-order chi connectivity index (χ0) is 13.3. The third-order valence-electron chi connectivity index (χ3n) is 3.79. The molecule has 1 saturated heterocycles. The Morgan fingerprint density at radius 3 is 2.18 bits per heavy atom. The highest BCUT2D eigenvalue weighted by molar-refractivity contribution is 5.86. The van der Waals surface area contributed by atoms with Crippen LogP contribution in [0.1, 0.15) is 40.5 Å². The molecule has 5 nitrogen and oxygen atoms in total. The smallest absolute Gasteiger partial charge is 0.240 e. The Balaban J connectivity index is 2.71. The fourth-order valence-corrected chi connectivity index (χ4v) is 1.52. The summed E-state index contributed by atoms with van der Waals surface area (Å²) in [6.45, 7) is 7.92. The van der Waals surface area contributed by atoms with Crippen molar-refractivity contribution in [1.82, 2.24) is 5.32 Å². The lowest BCUT2D eigenvalue weighted by atomic mass is 9.83. The van der Waals surface area contributed by atoms with Gasteiger partial charge < -0.3 is 20.9 Å². The first kappa shape index (κ1) is 14.4. The molecule has 1 aliphatic heterocycles. The Morgan fingerprint density at radius 1 is 1.29 bits per heavy atom. The first-order chi connectivity index (χ1) is 7.58. The van der Waals surface area contributed by atoms with E-state index in [0.717, 1.165) is 0 Å². The summed E-state index contributed by atoms with van der Waals surface area (Å²) < 4.78 is 5.20. The molecule has 17 heavy (non-hydrogen) atoms. The zero-order valence-corrected chi connectivity index (χ0v) is 11.2. The van der Waals surface area contributed by atoms with Gasteiger partial charge in [-0.15, -0.1) is 0 Å². The van der Waals surface area contributed by atoms with E-state index in [1.807, 2.05) is 0 Å². The summed E-state index contributed by atoms with van der Waals surface area (Å²) in [6, 6.07) is 0. The van der Waals surface area contributed by atoms with E-state index in [2.05, 4.69) is 5.32 Å². The van der Waals surface area contributed by atoms with E-state index in [-0.39, 0.29) is 5.91 Å². The van der Waals surface area contributed by atoms with Crippen molar-refractivity contribution in [2.24, 2.45) is 5.73 Å². The van der Waals surface area contributed by atoms with Gasteiger partial charge in [0.1, 0.15) is 0 Å². The van der Waals surface area contributed by atoms with Crippen LogP contribution >= 0.6 is 0 Å². The van der Waals surface area contributed by atoms with Crippen LogP contribution in [0.5, 0.6) is 0 Å². The van der Waals surface area contributed by atoms with Gasteiger partial charge in [-0.3, -0.25) is 4.79 Å². The van der Waals surface area contributed by atoms with Crippen molar-refractivity contribution >= 4 is 5.91 Å². The van der Waals surface area contributed by atoms with Crippen molar-refractivity contribution < 1.29 is 14.6 Å². The monoisotopic (exact) mass is 244 g/mol. The van der Waals surface area contributed by atoms with Crippen LogP contribution < -0.4 is 11.1 Å². The van der Waals surface area contributed by atoms with Crippen LogP contribution in [0.3, 0.4) is 0 Å². The molecule has 0 unspecified atom stereocenters. The fraction of sp³-hybridized carbons (Fsp3) is 0.917. The van der Waals surface area contributed by atoms with Crippen LogP contribution in [0, 0.1) is 0 Å². The summed E-state index contributed by atoms with van der Waals surface area (Å²) in [5, 5.41) is 12.8. The lowest BCUT2D eigenvalue weighted by Crippen LogP contribution is -2.65. The SMILES string of the molecule is CC(C)(O)C(C)(C)NC(=O)C1(N)CCOCC1. The number of nitrogens with two attached hydrogens (primary N) is 1. The highest BCUT2D eigenvalue weighted by Gasteiger charge is 2.42. The predicted molar refractivity (Wildman–Crippen MR) is 65.5 cm³/mol. The Kier molecular flexibility index (Phi) is 3.86. The quantitative estimate of drug-likeness (QED) is 0.660. The maximum Gasteiger partial charge on any atom is 0.240 e. The van der Waals surface area contributed by atoms with Gasteiger partial charge in [-0.2, -0.15) is 0 Å². The van der Waals surface area contributed by atoms with E-state index >= 15 is 0 Å². The number of carbonyl (C=O) groups excluding carboxylic acids is 1. The summed E-state index contributed by atoms with van der Waals surface area (Å²) in [6.07, 6.45) is 1.03. The van der Waals surface area contributed by atoms with Crippen LogP contribution in [0.2, 0.25) is 0 Å². The first-order valence-corrected chi connectivity index (χ1v) is 6.00. The van der Waals surface area contributed by atoms with Crippen LogP contribution in [-0.2, 0) is 9.53 Å². The lowest BCUT2D eigenvalue weighted by molar-refractivity contribution is -0.134. The number of nitrogens with one attached hydrogen (secondary N) is 1. The number of hydrogen-bond donors (Lipinski definition) is 3. The number of rotatable bonds is 3. The van der Waals surface area contributed by atoms with Crippen molar-refractivity contribution in [2.75, 3.05) is 13.2 Å². The topological polar surface area (TPSA) is 84.6 Å². The molecule has 0 atom stereocenters. The maximum absolute atomic E-state index is 12.2. The van der Waals surface area contributed by atoms with E-state index in [9.17, 15) is 9.90 Å². The molecule has 0 spiro atoms. The summed E-state index contributed by atoms with van der Waals surface area (Å²) in [5.41, 5.74) is 3.47. The molecular weight excluding hydrogens is 220 g/mol. The minimum atomic E-state index is -1.01. The summed E-state index contributed by atoms with van der Waals surface area (Å²) >= 11 is 0. The average molecular weight is 244 g/mol. The summed E-state index contributed by atoms with van der Waals surface area (Å²) in [4.78, 5) is 12.2. The standard InChI is InChI=1S/C12H24N2O3/c1-10(2,11(3,4)16)14-9(15)12(13)5-7-17-8-6-12/h16H,5-8,13H2,1-4H3,(H,14,15). The van der Waals surface area contributed by atoms with Crippen molar-refractivity contribution in [1.29, 1.82) is 0 Å². The van der Waals surface area contributed by atoms with Gasteiger partial charge in [-0.05, 0) is 40.5 Å². The lowest BCUT2D eigenvalue weighted by Gasteiger charge is -2.41. The number of hydrogen-bond acceptors (Lipinski definition) is 4. The third-order valence-corrected chi connectivity index (χ3v) is 3.79. The summed E-state index contributed by atoms with van der Waals surface area (Å²) in [5.74, 6) is -0.215. The molecule has 100 valence electrons. The molecule has 1 fully saturated rings. The van der Waals surface area contributed by atoms with Gasteiger partial charge in [0.15, 0.2) is 0 Å². The first-order valence-electron chi connectivity index (χ1n) is 6.00. The van der Waals surface area contributed by atoms with Gasteiger partial charge in [0.25, 0.3) is 0 Å². The second-order valence-electron chi connectivity index (χ2n) is 5.91. The number of carbonyl (C=O) groups is 1. The molecule has 0 saturated carbocycles. The average Bonchev–Trinajstić information content (AvgIpc) is 2.16. The van der Waals surface area contributed by atoms with Gasteiger partial charge in [-0.25, -0.2) is 0 Å². The highest BCUT2D eigenvalue weighted by atomic mass is 16.5. The maximum atomic E-state index is 12.2. The Labute approximate surface area is 103 Å². The molecule has 4 N–H and O–H groups in total. The van der Waals surface area contributed by atoms with Gasteiger partial charge in [0.05, 0.1) is 16.7 Å². The molecule has 1 aliphatic rings. The van der Waals surface area contributed by atoms with Crippen molar-refractivity contribution in [3.8, 4) is 0 Å². The second kappa shape index (κ2) is 4.55. The Morgan fingerprint density at radius 2 is 1.76 bits per heavy atom. The highest BCUT2D eigenvalue weighted by Crippen LogP contribution is 2.24. The van der Waals surface area contributed by atoms with Crippen LogP contribution in [0.4, 0.5) is 0 Å². The molecule has 1 rings (SSSR count).